The molecule has 2 aliphatic heterocycles. The monoisotopic (exact) mass is 360 g/mol. The van der Waals surface area contributed by atoms with E-state index in [-0.39, 0.29) is 23.0 Å². The Bertz CT molecular complexity index is 787. The molecule has 2 saturated heterocycles. The summed E-state index contributed by atoms with van der Waals surface area (Å²) in [4.78, 5) is 14.1. The Labute approximate surface area is 150 Å². The third-order valence-electron chi connectivity index (χ3n) is 5.48. The number of benzene rings is 1. The molecule has 1 atom stereocenters. The van der Waals surface area contributed by atoms with E-state index in [0.29, 0.717) is 18.7 Å². The maximum absolute atomic E-state index is 15.1. The lowest BCUT2D eigenvalue weighted by atomic mass is 9.84. The summed E-state index contributed by atoms with van der Waals surface area (Å²) < 4.78 is 29.9. The lowest BCUT2D eigenvalue weighted by molar-refractivity contribution is -0.131. The van der Waals surface area contributed by atoms with Crippen LogP contribution in [0.3, 0.4) is 0 Å². The van der Waals surface area contributed by atoms with Crippen LogP contribution in [-0.2, 0) is 4.79 Å². The summed E-state index contributed by atoms with van der Waals surface area (Å²) in [7, 11) is 0. The molecule has 2 aliphatic rings. The van der Waals surface area contributed by atoms with E-state index in [9.17, 15) is 9.18 Å². The van der Waals surface area contributed by atoms with Gasteiger partial charge >= 0.3 is 0 Å². The standard InChI is InChI=1S/C19H22F2N4O/c20-17-13(15-7-10-23-24-15)3-4-14(18(17)21)19(12-5-8-22-9-6-12)25-11-1-2-16(25)26/h3-4,7,10,12,19,22H,1-2,5-6,8-9,11H2,(H,23,24). The number of carbonyl (C=O) groups is 1. The zero-order valence-electron chi connectivity index (χ0n) is 14.5. The molecule has 2 aromatic rings. The Kier molecular flexibility index (Phi) is 4.72. The fraction of sp³-hybridized carbons (Fsp3) is 0.474. The normalized spacial score (nSPS) is 19.9. The van der Waals surface area contributed by atoms with E-state index in [1.807, 2.05) is 0 Å². The van der Waals surface area contributed by atoms with Gasteiger partial charge in [0.15, 0.2) is 11.6 Å². The number of nitrogens with zero attached hydrogens (tertiary/aromatic N) is 2. The van der Waals surface area contributed by atoms with Gasteiger partial charge in [-0.25, -0.2) is 8.78 Å². The number of likely N-dealkylation sites (tertiary alicyclic amines) is 1. The number of aromatic nitrogens is 2. The van der Waals surface area contributed by atoms with Crippen molar-refractivity contribution in [1.82, 2.24) is 20.4 Å². The third kappa shape index (κ3) is 3.00. The molecular formula is C19H22F2N4O. The van der Waals surface area contributed by atoms with Gasteiger partial charge in [-0.15, -0.1) is 0 Å². The molecule has 1 aromatic carbocycles. The number of rotatable bonds is 4. The van der Waals surface area contributed by atoms with Crippen molar-refractivity contribution in [2.75, 3.05) is 19.6 Å². The summed E-state index contributed by atoms with van der Waals surface area (Å²) in [6, 6.07) is 4.39. The number of aromatic amines is 1. The molecule has 26 heavy (non-hydrogen) atoms. The second-order valence-electron chi connectivity index (χ2n) is 7.01. The molecule has 0 spiro atoms. The first-order chi connectivity index (χ1) is 12.7. The first-order valence-corrected chi connectivity index (χ1v) is 9.15. The molecule has 0 aliphatic carbocycles. The molecular weight excluding hydrogens is 338 g/mol. The van der Waals surface area contributed by atoms with Crippen molar-refractivity contribution in [1.29, 1.82) is 0 Å². The summed E-state index contributed by atoms with van der Waals surface area (Å²) in [6.07, 6.45) is 4.52. The largest absolute Gasteiger partial charge is 0.335 e. The fourth-order valence-corrected chi connectivity index (χ4v) is 4.20. The first kappa shape index (κ1) is 17.1. The number of H-pyrrole nitrogens is 1. The van der Waals surface area contributed by atoms with E-state index < -0.39 is 17.7 Å². The molecule has 1 aromatic heterocycles. The van der Waals surface area contributed by atoms with Crippen LogP contribution in [0.15, 0.2) is 24.4 Å². The van der Waals surface area contributed by atoms with Gasteiger partial charge < -0.3 is 10.2 Å². The Morgan fingerprint density at radius 3 is 2.62 bits per heavy atom. The van der Waals surface area contributed by atoms with Crippen LogP contribution in [0.25, 0.3) is 11.3 Å². The van der Waals surface area contributed by atoms with E-state index >= 15 is 4.39 Å². The summed E-state index contributed by atoms with van der Waals surface area (Å²) in [5.41, 5.74) is 0.775. The summed E-state index contributed by atoms with van der Waals surface area (Å²) in [5, 5.41) is 9.85. The van der Waals surface area contributed by atoms with Crippen molar-refractivity contribution < 1.29 is 13.6 Å². The predicted molar refractivity (Wildman–Crippen MR) is 93.2 cm³/mol. The van der Waals surface area contributed by atoms with Crippen molar-refractivity contribution >= 4 is 5.91 Å². The van der Waals surface area contributed by atoms with Crippen LogP contribution in [0, 0.1) is 17.6 Å². The molecule has 4 rings (SSSR count). The van der Waals surface area contributed by atoms with E-state index in [1.54, 1.807) is 29.3 Å². The van der Waals surface area contributed by atoms with Crippen LogP contribution in [0.2, 0.25) is 0 Å². The third-order valence-corrected chi connectivity index (χ3v) is 5.48. The molecule has 138 valence electrons. The molecule has 0 radical (unpaired) electrons. The molecule has 0 bridgehead atoms. The van der Waals surface area contributed by atoms with Crippen LogP contribution in [0.1, 0.15) is 37.3 Å². The Morgan fingerprint density at radius 2 is 1.96 bits per heavy atom. The molecule has 1 amide bonds. The fourth-order valence-electron chi connectivity index (χ4n) is 4.20. The maximum atomic E-state index is 15.1. The average molecular weight is 360 g/mol. The average Bonchev–Trinajstić information content (AvgIpc) is 3.32. The van der Waals surface area contributed by atoms with Crippen LogP contribution in [0.5, 0.6) is 0 Å². The zero-order chi connectivity index (χ0) is 18.1. The minimum absolute atomic E-state index is 0.0321. The molecule has 7 heteroatoms. The Morgan fingerprint density at radius 1 is 1.15 bits per heavy atom. The minimum atomic E-state index is -0.903. The lowest BCUT2D eigenvalue weighted by Gasteiger charge is -2.37. The summed E-state index contributed by atoms with van der Waals surface area (Å²) >= 11 is 0. The number of piperidine rings is 1. The lowest BCUT2D eigenvalue weighted by Crippen LogP contribution is -2.40. The summed E-state index contributed by atoms with van der Waals surface area (Å²) in [6.45, 7) is 2.27. The number of hydrogen-bond donors (Lipinski definition) is 2. The minimum Gasteiger partial charge on any atom is -0.335 e. The predicted octanol–water partition coefficient (Wildman–Crippen LogP) is 3.02. The van der Waals surface area contributed by atoms with Gasteiger partial charge in [-0.05, 0) is 50.4 Å². The molecule has 2 fully saturated rings. The van der Waals surface area contributed by atoms with Crippen molar-refractivity contribution in [3.05, 3.63) is 41.6 Å². The van der Waals surface area contributed by atoms with E-state index in [0.717, 1.165) is 32.4 Å². The first-order valence-electron chi connectivity index (χ1n) is 9.15. The van der Waals surface area contributed by atoms with Gasteiger partial charge in [0, 0.05) is 30.3 Å². The highest BCUT2D eigenvalue weighted by atomic mass is 19.2. The number of hydrogen-bond acceptors (Lipinski definition) is 3. The quantitative estimate of drug-likeness (QED) is 0.881. The number of amides is 1. The van der Waals surface area contributed by atoms with Crippen LogP contribution >= 0.6 is 0 Å². The highest BCUT2D eigenvalue weighted by molar-refractivity contribution is 5.78. The van der Waals surface area contributed by atoms with Crippen molar-refractivity contribution in [2.24, 2.45) is 5.92 Å². The van der Waals surface area contributed by atoms with Crippen molar-refractivity contribution in [2.45, 2.75) is 31.7 Å². The van der Waals surface area contributed by atoms with Crippen molar-refractivity contribution in [3.63, 3.8) is 0 Å². The van der Waals surface area contributed by atoms with Gasteiger partial charge in [-0.2, -0.15) is 5.10 Å². The number of nitrogens with one attached hydrogen (secondary N) is 2. The SMILES string of the molecule is O=C1CCCN1C(c1ccc(-c2cc[nH]n2)c(F)c1F)C1CCNCC1. The van der Waals surface area contributed by atoms with Gasteiger partial charge in [0.25, 0.3) is 0 Å². The van der Waals surface area contributed by atoms with Crippen LogP contribution < -0.4 is 5.32 Å². The number of carbonyl (C=O) groups excluding carboxylic acids is 1. The Balaban J connectivity index is 1.75. The Hall–Kier alpha value is -2.28. The number of halogens is 2. The molecule has 3 heterocycles. The molecule has 2 N–H and O–H groups in total. The van der Waals surface area contributed by atoms with Gasteiger partial charge in [-0.1, -0.05) is 6.07 Å². The van der Waals surface area contributed by atoms with E-state index in [4.69, 9.17) is 0 Å². The van der Waals surface area contributed by atoms with E-state index in [2.05, 4.69) is 15.5 Å². The second kappa shape index (κ2) is 7.15. The van der Waals surface area contributed by atoms with E-state index in [1.165, 1.54) is 0 Å². The molecule has 5 nitrogen and oxygen atoms in total. The molecule has 0 saturated carbocycles. The van der Waals surface area contributed by atoms with Gasteiger partial charge in [0.1, 0.15) is 0 Å². The van der Waals surface area contributed by atoms with Crippen molar-refractivity contribution in [3.8, 4) is 11.3 Å². The highest BCUT2D eigenvalue weighted by Crippen LogP contribution is 2.39. The van der Waals surface area contributed by atoms with Gasteiger partial charge in [0.2, 0.25) is 5.91 Å². The highest BCUT2D eigenvalue weighted by Gasteiger charge is 2.37. The second-order valence-corrected chi connectivity index (χ2v) is 7.01. The smallest absolute Gasteiger partial charge is 0.223 e. The molecule has 1 unspecified atom stereocenters. The van der Waals surface area contributed by atoms with Gasteiger partial charge in [-0.3, -0.25) is 9.89 Å². The zero-order valence-corrected chi connectivity index (χ0v) is 14.5. The van der Waals surface area contributed by atoms with Crippen LogP contribution in [-0.4, -0.2) is 40.6 Å². The van der Waals surface area contributed by atoms with Gasteiger partial charge in [0.05, 0.1) is 11.7 Å². The maximum Gasteiger partial charge on any atom is 0.223 e. The summed E-state index contributed by atoms with van der Waals surface area (Å²) in [5.74, 6) is -1.61. The van der Waals surface area contributed by atoms with Crippen LogP contribution in [0.4, 0.5) is 8.78 Å². The topological polar surface area (TPSA) is 61.0 Å².